The number of aromatic nitrogens is 2. The van der Waals surface area contributed by atoms with Crippen LogP contribution < -0.4 is 0 Å². The summed E-state index contributed by atoms with van der Waals surface area (Å²) in [6, 6.07) is 3.80. The molecular formula is C12H13FN4O2. The zero-order chi connectivity index (χ0) is 14.0. The van der Waals surface area contributed by atoms with Gasteiger partial charge in [0.2, 0.25) is 5.82 Å². The summed E-state index contributed by atoms with van der Waals surface area (Å²) in [5, 5.41) is 10.6. The Hall–Kier alpha value is -2.28. The van der Waals surface area contributed by atoms with Gasteiger partial charge in [0.25, 0.3) is 0 Å². The van der Waals surface area contributed by atoms with Crippen molar-refractivity contribution in [3.63, 3.8) is 0 Å². The van der Waals surface area contributed by atoms with E-state index in [1.165, 1.54) is 6.07 Å². The minimum Gasteiger partial charge on any atom is -0.303 e. The van der Waals surface area contributed by atoms with Gasteiger partial charge in [-0.05, 0) is 20.2 Å². The molecule has 2 aromatic rings. The molecule has 6 nitrogen and oxygen atoms in total. The zero-order valence-electron chi connectivity index (χ0n) is 10.6. The van der Waals surface area contributed by atoms with Gasteiger partial charge in [0.05, 0.1) is 17.2 Å². The van der Waals surface area contributed by atoms with E-state index in [2.05, 4.69) is 4.98 Å². The summed E-state index contributed by atoms with van der Waals surface area (Å²) in [6.07, 6.45) is 3.30. The number of imidazole rings is 1. The van der Waals surface area contributed by atoms with Crippen LogP contribution in [0, 0.1) is 15.9 Å². The molecule has 2 rings (SSSR count). The van der Waals surface area contributed by atoms with Crippen LogP contribution >= 0.6 is 0 Å². The van der Waals surface area contributed by atoms with Gasteiger partial charge in [-0.15, -0.1) is 0 Å². The fourth-order valence-electron chi connectivity index (χ4n) is 1.76. The van der Waals surface area contributed by atoms with E-state index in [9.17, 15) is 14.5 Å². The average molecular weight is 264 g/mol. The lowest BCUT2D eigenvalue weighted by atomic mass is 10.2. The molecule has 1 heterocycles. The third-order valence-electron chi connectivity index (χ3n) is 2.58. The Kier molecular flexibility index (Phi) is 3.57. The number of hydrogen-bond donors (Lipinski definition) is 0. The number of halogens is 1. The van der Waals surface area contributed by atoms with Gasteiger partial charge in [-0.1, -0.05) is 0 Å². The fraction of sp³-hybridized carbons (Fsp3) is 0.250. The lowest BCUT2D eigenvalue weighted by Crippen LogP contribution is -2.14. The van der Waals surface area contributed by atoms with Crippen molar-refractivity contribution in [1.29, 1.82) is 0 Å². The van der Waals surface area contributed by atoms with Crippen molar-refractivity contribution in [1.82, 2.24) is 14.5 Å². The van der Waals surface area contributed by atoms with Crippen molar-refractivity contribution in [2.45, 2.75) is 6.54 Å². The van der Waals surface area contributed by atoms with E-state index < -0.39 is 16.4 Å². The first-order valence-corrected chi connectivity index (χ1v) is 5.60. The van der Waals surface area contributed by atoms with Gasteiger partial charge in [-0.2, -0.15) is 4.39 Å². The summed E-state index contributed by atoms with van der Waals surface area (Å²) in [4.78, 5) is 15.9. The number of nitro groups is 1. The minimum atomic E-state index is -0.855. The van der Waals surface area contributed by atoms with Gasteiger partial charge in [0, 0.05) is 24.5 Å². The van der Waals surface area contributed by atoms with E-state index in [0.717, 1.165) is 18.0 Å². The first-order valence-electron chi connectivity index (χ1n) is 5.60. The van der Waals surface area contributed by atoms with Crippen LogP contribution in [0.15, 0.2) is 30.6 Å². The Balaban J connectivity index is 2.40. The van der Waals surface area contributed by atoms with Crippen LogP contribution in [0.25, 0.3) is 5.69 Å². The normalized spacial score (nSPS) is 10.9. The van der Waals surface area contributed by atoms with E-state index in [1.807, 2.05) is 19.0 Å². The molecule has 0 atom stereocenters. The summed E-state index contributed by atoms with van der Waals surface area (Å²) < 4.78 is 15.3. The highest BCUT2D eigenvalue weighted by molar-refractivity contribution is 5.43. The molecule has 0 aliphatic heterocycles. The molecule has 0 radical (unpaired) electrons. The zero-order valence-corrected chi connectivity index (χ0v) is 10.6. The lowest BCUT2D eigenvalue weighted by molar-refractivity contribution is -0.387. The van der Waals surface area contributed by atoms with Crippen LogP contribution in [0.4, 0.5) is 10.1 Å². The predicted molar refractivity (Wildman–Crippen MR) is 67.6 cm³/mol. The summed E-state index contributed by atoms with van der Waals surface area (Å²) >= 11 is 0. The second kappa shape index (κ2) is 5.15. The van der Waals surface area contributed by atoms with Crippen molar-refractivity contribution in [2.24, 2.45) is 0 Å². The molecule has 0 spiro atoms. The van der Waals surface area contributed by atoms with Crippen LogP contribution in [-0.4, -0.2) is 33.5 Å². The smallest absolute Gasteiger partial charge is 0.303 e. The van der Waals surface area contributed by atoms with Crippen LogP contribution in [0.2, 0.25) is 0 Å². The van der Waals surface area contributed by atoms with Gasteiger partial charge in [-0.3, -0.25) is 10.1 Å². The molecule has 0 saturated carbocycles. The Labute approximate surface area is 109 Å². The minimum absolute atomic E-state index is 0.512. The summed E-state index contributed by atoms with van der Waals surface area (Å²) in [5.41, 5.74) is -0.0181. The van der Waals surface area contributed by atoms with Crippen LogP contribution in [0.3, 0.4) is 0 Å². The molecule has 1 aromatic carbocycles. The molecule has 0 fully saturated rings. The van der Waals surface area contributed by atoms with Gasteiger partial charge in [0.1, 0.15) is 5.82 Å². The average Bonchev–Trinajstić information content (AvgIpc) is 2.75. The Morgan fingerprint density at radius 1 is 1.47 bits per heavy atom. The van der Waals surface area contributed by atoms with E-state index in [1.54, 1.807) is 17.0 Å². The Morgan fingerprint density at radius 3 is 2.79 bits per heavy atom. The standard InChI is InChI=1S/C12H13FN4O2/c1-15(2)8-12-14-5-6-16(12)9-3-4-11(17(18)19)10(13)7-9/h3-7H,8H2,1-2H3. The van der Waals surface area contributed by atoms with Crippen molar-refractivity contribution in [3.8, 4) is 5.69 Å². The van der Waals surface area contributed by atoms with Crippen molar-refractivity contribution in [2.75, 3.05) is 14.1 Å². The molecule has 0 N–H and O–H groups in total. The molecule has 7 heteroatoms. The SMILES string of the molecule is CN(C)Cc1nccn1-c1ccc([N+](=O)[O-])c(F)c1. The first kappa shape index (κ1) is 13.2. The molecular weight excluding hydrogens is 251 g/mol. The molecule has 1 aromatic heterocycles. The molecule has 0 aliphatic rings. The number of hydrogen-bond acceptors (Lipinski definition) is 4. The third-order valence-corrected chi connectivity index (χ3v) is 2.58. The highest BCUT2D eigenvalue weighted by Gasteiger charge is 2.15. The van der Waals surface area contributed by atoms with E-state index in [4.69, 9.17) is 0 Å². The molecule has 100 valence electrons. The third kappa shape index (κ3) is 2.76. The van der Waals surface area contributed by atoms with E-state index >= 15 is 0 Å². The largest absolute Gasteiger partial charge is 0.304 e. The van der Waals surface area contributed by atoms with E-state index in [-0.39, 0.29) is 0 Å². The quantitative estimate of drug-likeness (QED) is 0.625. The maximum absolute atomic E-state index is 13.6. The number of nitro benzene ring substituents is 1. The second-order valence-corrected chi connectivity index (χ2v) is 4.34. The molecule has 0 aliphatic carbocycles. The highest BCUT2D eigenvalue weighted by Crippen LogP contribution is 2.21. The number of rotatable bonds is 4. The van der Waals surface area contributed by atoms with Gasteiger partial charge in [0.15, 0.2) is 0 Å². The molecule has 0 amide bonds. The maximum Gasteiger partial charge on any atom is 0.304 e. The first-order chi connectivity index (χ1) is 8.99. The van der Waals surface area contributed by atoms with Crippen molar-refractivity contribution in [3.05, 3.63) is 52.3 Å². The van der Waals surface area contributed by atoms with Crippen LogP contribution in [0.5, 0.6) is 0 Å². The van der Waals surface area contributed by atoms with Crippen molar-refractivity contribution >= 4 is 5.69 Å². The van der Waals surface area contributed by atoms with Crippen LogP contribution in [0.1, 0.15) is 5.82 Å². The van der Waals surface area contributed by atoms with Crippen molar-refractivity contribution < 1.29 is 9.31 Å². The monoisotopic (exact) mass is 264 g/mol. The maximum atomic E-state index is 13.6. The number of nitrogens with zero attached hydrogens (tertiary/aromatic N) is 4. The summed E-state index contributed by atoms with van der Waals surface area (Å²) in [5.74, 6) is -0.120. The molecule has 0 bridgehead atoms. The van der Waals surface area contributed by atoms with Gasteiger partial charge >= 0.3 is 5.69 Å². The van der Waals surface area contributed by atoms with Crippen LogP contribution in [-0.2, 0) is 6.54 Å². The van der Waals surface area contributed by atoms with E-state index in [0.29, 0.717) is 12.2 Å². The summed E-state index contributed by atoms with van der Waals surface area (Å²) in [7, 11) is 3.80. The molecule has 19 heavy (non-hydrogen) atoms. The molecule has 0 saturated heterocycles. The summed E-state index contributed by atoms with van der Waals surface area (Å²) in [6.45, 7) is 0.589. The lowest BCUT2D eigenvalue weighted by Gasteiger charge is -2.12. The molecule has 0 unspecified atom stereocenters. The predicted octanol–water partition coefficient (Wildman–Crippen LogP) is 1.98. The number of benzene rings is 1. The second-order valence-electron chi connectivity index (χ2n) is 4.34. The highest BCUT2D eigenvalue weighted by atomic mass is 19.1. The van der Waals surface area contributed by atoms with Gasteiger partial charge in [-0.25, -0.2) is 4.98 Å². The van der Waals surface area contributed by atoms with Gasteiger partial charge < -0.3 is 9.47 Å². The Bertz CT molecular complexity index is 610. The fourth-order valence-corrected chi connectivity index (χ4v) is 1.76. The Morgan fingerprint density at radius 2 is 2.21 bits per heavy atom. The topological polar surface area (TPSA) is 64.2 Å².